The number of amides is 1. The van der Waals surface area contributed by atoms with Gasteiger partial charge < -0.3 is 15.1 Å². The van der Waals surface area contributed by atoms with Gasteiger partial charge in [0, 0.05) is 50.7 Å². The molecule has 8 heteroatoms. The summed E-state index contributed by atoms with van der Waals surface area (Å²) in [7, 11) is 0. The molecular formula is C18H27BrFIN4O. The average Bonchev–Trinajstić information content (AvgIpc) is 2.59. The number of nitrogens with zero attached hydrogens (tertiary/aromatic N) is 3. The predicted molar refractivity (Wildman–Crippen MR) is 118 cm³/mol. The summed E-state index contributed by atoms with van der Waals surface area (Å²) in [6.45, 7) is 8.11. The van der Waals surface area contributed by atoms with E-state index in [2.05, 4.69) is 31.1 Å². The number of halogens is 3. The molecule has 1 aliphatic rings. The van der Waals surface area contributed by atoms with Gasteiger partial charge in [-0.15, -0.1) is 24.0 Å². The van der Waals surface area contributed by atoms with Crippen molar-refractivity contribution in [3.63, 3.8) is 0 Å². The zero-order valence-corrected chi connectivity index (χ0v) is 19.2. The van der Waals surface area contributed by atoms with Gasteiger partial charge in [0.15, 0.2) is 5.96 Å². The molecule has 0 aliphatic carbocycles. The van der Waals surface area contributed by atoms with Crippen LogP contribution in [0.5, 0.6) is 0 Å². The normalized spacial score (nSPS) is 14.8. The second kappa shape index (κ2) is 11.7. The average molecular weight is 541 g/mol. The van der Waals surface area contributed by atoms with Crippen LogP contribution in [0, 0.1) is 5.82 Å². The van der Waals surface area contributed by atoms with Crippen LogP contribution < -0.4 is 5.32 Å². The van der Waals surface area contributed by atoms with Gasteiger partial charge in [-0.25, -0.2) is 4.39 Å². The third-order valence-electron chi connectivity index (χ3n) is 4.24. The highest BCUT2D eigenvalue weighted by molar-refractivity contribution is 14.0. The van der Waals surface area contributed by atoms with Crippen molar-refractivity contribution in [2.45, 2.75) is 26.7 Å². The summed E-state index contributed by atoms with van der Waals surface area (Å²) in [5, 5.41) is 3.31. The lowest BCUT2D eigenvalue weighted by atomic mass is 10.1. The number of rotatable bonds is 5. The highest BCUT2D eigenvalue weighted by Crippen LogP contribution is 2.16. The molecule has 0 bridgehead atoms. The SMILES string of the molecule is CCNC(=NCCCc1ccc(Br)cc1F)N1CCN(C(C)=O)CC1.I. The molecule has 0 aromatic heterocycles. The number of piperazine rings is 1. The standard InChI is InChI=1S/C18H26BrFN4O.HI/c1-3-21-18(24-11-9-23(10-12-24)14(2)25)22-8-4-5-15-6-7-16(19)13-17(15)20;/h6-7,13H,3-5,8-12H2,1-2H3,(H,21,22);1H. The Morgan fingerprint density at radius 2 is 1.92 bits per heavy atom. The number of aliphatic imine (C=N–C) groups is 1. The van der Waals surface area contributed by atoms with Crippen LogP contribution in [-0.4, -0.2) is 60.9 Å². The van der Waals surface area contributed by atoms with Gasteiger partial charge >= 0.3 is 0 Å². The largest absolute Gasteiger partial charge is 0.357 e. The third-order valence-corrected chi connectivity index (χ3v) is 4.73. The molecule has 1 saturated heterocycles. The Labute approximate surface area is 180 Å². The van der Waals surface area contributed by atoms with E-state index in [9.17, 15) is 9.18 Å². The van der Waals surface area contributed by atoms with Gasteiger partial charge in [0.1, 0.15) is 5.82 Å². The number of hydrogen-bond donors (Lipinski definition) is 1. The Morgan fingerprint density at radius 1 is 1.27 bits per heavy atom. The lowest BCUT2D eigenvalue weighted by Crippen LogP contribution is -2.53. The molecule has 1 N–H and O–H groups in total. The molecule has 0 unspecified atom stereocenters. The molecule has 1 aromatic carbocycles. The highest BCUT2D eigenvalue weighted by atomic mass is 127. The topological polar surface area (TPSA) is 47.9 Å². The van der Waals surface area contributed by atoms with Crippen molar-refractivity contribution >= 4 is 51.8 Å². The molecule has 1 fully saturated rings. The first-order valence-corrected chi connectivity index (χ1v) is 9.53. The van der Waals surface area contributed by atoms with Gasteiger partial charge in [-0.1, -0.05) is 22.0 Å². The van der Waals surface area contributed by atoms with Crippen molar-refractivity contribution < 1.29 is 9.18 Å². The summed E-state index contributed by atoms with van der Waals surface area (Å²) in [5.74, 6) is 0.825. The molecule has 1 aliphatic heterocycles. The molecule has 146 valence electrons. The van der Waals surface area contributed by atoms with Crippen LogP contribution in [0.4, 0.5) is 4.39 Å². The van der Waals surface area contributed by atoms with Crippen LogP contribution >= 0.6 is 39.9 Å². The summed E-state index contributed by atoms with van der Waals surface area (Å²) in [6.07, 6.45) is 1.46. The molecule has 0 atom stereocenters. The Bertz CT molecular complexity index is 621. The molecule has 0 radical (unpaired) electrons. The van der Waals surface area contributed by atoms with Crippen LogP contribution in [0.3, 0.4) is 0 Å². The maximum absolute atomic E-state index is 13.8. The Balaban J connectivity index is 0.00000338. The van der Waals surface area contributed by atoms with Gasteiger partial charge in [0.2, 0.25) is 5.91 Å². The van der Waals surface area contributed by atoms with E-state index in [0.717, 1.165) is 55.1 Å². The van der Waals surface area contributed by atoms with Crippen LogP contribution in [0.15, 0.2) is 27.7 Å². The quantitative estimate of drug-likeness (QED) is 0.270. The molecule has 26 heavy (non-hydrogen) atoms. The van der Waals surface area contributed by atoms with Crippen LogP contribution in [-0.2, 0) is 11.2 Å². The fourth-order valence-electron chi connectivity index (χ4n) is 2.84. The number of aryl methyl sites for hydroxylation is 1. The first kappa shape index (κ1) is 23.1. The first-order valence-electron chi connectivity index (χ1n) is 8.74. The number of carbonyl (C=O) groups is 1. The zero-order valence-electron chi connectivity index (χ0n) is 15.3. The van der Waals surface area contributed by atoms with Gasteiger partial charge in [-0.05, 0) is 37.5 Å². The molecule has 5 nitrogen and oxygen atoms in total. The van der Waals surface area contributed by atoms with Crippen molar-refractivity contribution in [3.8, 4) is 0 Å². The van der Waals surface area contributed by atoms with E-state index in [0.29, 0.717) is 13.0 Å². The van der Waals surface area contributed by atoms with Gasteiger partial charge in [-0.3, -0.25) is 9.79 Å². The van der Waals surface area contributed by atoms with Gasteiger partial charge in [-0.2, -0.15) is 0 Å². The van der Waals surface area contributed by atoms with E-state index < -0.39 is 0 Å². The van der Waals surface area contributed by atoms with Crippen molar-refractivity contribution in [2.24, 2.45) is 4.99 Å². The maximum Gasteiger partial charge on any atom is 0.219 e. The lowest BCUT2D eigenvalue weighted by Gasteiger charge is -2.36. The molecule has 2 rings (SSSR count). The minimum Gasteiger partial charge on any atom is -0.357 e. The second-order valence-corrected chi connectivity index (χ2v) is 6.98. The predicted octanol–water partition coefficient (Wildman–Crippen LogP) is 3.27. The second-order valence-electron chi connectivity index (χ2n) is 6.07. The zero-order chi connectivity index (χ0) is 18.2. The van der Waals surface area contributed by atoms with Crippen LogP contribution in [0.2, 0.25) is 0 Å². The van der Waals surface area contributed by atoms with E-state index in [1.165, 1.54) is 6.07 Å². The number of benzene rings is 1. The van der Waals surface area contributed by atoms with Crippen molar-refractivity contribution in [2.75, 3.05) is 39.3 Å². The minimum atomic E-state index is -0.175. The fourth-order valence-corrected chi connectivity index (χ4v) is 3.17. The number of guanidine groups is 1. The Kier molecular flexibility index (Phi) is 10.4. The number of carbonyl (C=O) groups excluding carboxylic acids is 1. The van der Waals surface area contributed by atoms with E-state index in [1.807, 2.05) is 24.0 Å². The van der Waals surface area contributed by atoms with Crippen LogP contribution in [0.25, 0.3) is 0 Å². The molecule has 1 aromatic rings. The van der Waals surface area contributed by atoms with Crippen molar-refractivity contribution in [1.29, 1.82) is 0 Å². The third kappa shape index (κ3) is 7.02. The highest BCUT2D eigenvalue weighted by Gasteiger charge is 2.20. The van der Waals surface area contributed by atoms with Crippen molar-refractivity contribution in [1.82, 2.24) is 15.1 Å². The smallest absolute Gasteiger partial charge is 0.219 e. The number of nitrogens with one attached hydrogen (secondary N) is 1. The summed E-state index contributed by atoms with van der Waals surface area (Å²) in [6, 6.07) is 5.17. The molecular weight excluding hydrogens is 514 g/mol. The minimum absolute atomic E-state index is 0. The van der Waals surface area contributed by atoms with Gasteiger partial charge in [0.25, 0.3) is 0 Å². The maximum atomic E-state index is 13.8. The lowest BCUT2D eigenvalue weighted by molar-refractivity contribution is -0.130. The molecule has 1 heterocycles. The molecule has 1 amide bonds. The van der Waals surface area contributed by atoms with Crippen molar-refractivity contribution in [3.05, 3.63) is 34.1 Å². The number of hydrogen-bond acceptors (Lipinski definition) is 2. The molecule has 0 saturated carbocycles. The Morgan fingerprint density at radius 3 is 2.50 bits per heavy atom. The summed E-state index contributed by atoms with van der Waals surface area (Å²) in [4.78, 5) is 20.1. The van der Waals surface area contributed by atoms with Gasteiger partial charge in [0.05, 0.1) is 0 Å². The summed E-state index contributed by atoms with van der Waals surface area (Å²) < 4.78 is 14.6. The van der Waals surface area contributed by atoms with Crippen LogP contribution in [0.1, 0.15) is 25.8 Å². The first-order chi connectivity index (χ1) is 12.0. The monoisotopic (exact) mass is 540 g/mol. The van der Waals surface area contributed by atoms with E-state index in [4.69, 9.17) is 0 Å². The van der Waals surface area contributed by atoms with E-state index in [1.54, 1.807) is 6.92 Å². The summed E-state index contributed by atoms with van der Waals surface area (Å²) in [5.41, 5.74) is 0.721. The van der Waals surface area contributed by atoms with E-state index in [-0.39, 0.29) is 35.7 Å². The van der Waals surface area contributed by atoms with E-state index >= 15 is 0 Å². The Hall–Kier alpha value is -0.900. The fraction of sp³-hybridized carbons (Fsp3) is 0.556. The summed E-state index contributed by atoms with van der Waals surface area (Å²) >= 11 is 3.27. The molecule has 0 spiro atoms.